The highest BCUT2D eigenvalue weighted by Crippen LogP contribution is 2.27. The predicted octanol–water partition coefficient (Wildman–Crippen LogP) is 2.30. The van der Waals surface area contributed by atoms with Gasteiger partial charge in [0, 0.05) is 13.1 Å². The third-order valence-corrected chi connectivity index (χ3v) is 6.46. The number of nitrogens with one attached hydrogen (secondary N) is 1. The Morgan fingerprint density at radius 3 is 2.47 bits per heavy atom. The first-order valence-electron chi connectivity index (χ1n) is 8.87. The molecule has 30 heavy (non-hydrogen) atoms. The van der Waals surface area contributed by atoms with Crippen LogP contribution in [-0.4, -0.2) is 57.5 Å². The summed E-state index contributed by atoms with van der Waals surface area (Å²) in [6.07, 6.45) is 0. The van der Waals surface area contributed by atoms with Gasteiger partial charge in [-0.1, -0.05) is 11.6 Å². The molecule has 0 unspecified atom stereocenters. The number of amides is 1. The largest absolute Gasteiger partial charge is 0.452 e. The summed E-state index contributed by atoms with van der Waals surface area (Å²) in [5.74, 6) is -2.03. The quantitative estimate of drug-likeness (QED) is 0.669. The number of benzene rings is 2. The van der Waals surface area contributed by atoms with E-state index in [1.165, 1.54) is 34.6 Å². The zero-order valence-electron chi connectivity index (χ0n) is 15.6. The Kier molecular flexibility index (Phi) is 7.03. The van der Waals surface area contributed by atoms with E-state index in [0.29, 0.717) is 13.2 Å². The molecule has 0 atom stereocenters. The second-order valence-corrected chi connectivity index (χ2v) is 8.63. The number of rotatable bonds is 6. The minimum Gasteiger partial charge on any atom is -0.452 e. The number of sulfonamides is 1. The highest BCUT2D eigenvalue weighted by Gasteiger charge is 2.27. The molecule has 2 aromatic carbocycles. The lowest BCUT2D eigenvalue weighted by molar-refractivity contribution is -0.119. The van der Waals surface area contributed by atoms with Crippen LogP contribution in [-0.2, 0) is 24.3 Å². The Morgan fingerprint density at radius 2 is 1.80 bits per heavy atom. The monoisotopic (exact) mass is 456 g/mol. The molecule has 1 heterocycles. The molecular weight excluding hydrogens is 439 g/mol. The minimum atomic E-state index is -3.77. The van der Waals surface area contributed by atoms with E-state index in [1.54, 1.807) is 0 Å². The minimum absolute atomic E-state index is 0.0348. The lowest BCUT2D eigenvalue weighted by atomic mass is 10.2. The Morgan fingerprint density at radius 1 is 1.13 bits per heavy atom. The first-order valence-corrected chi connectivity index (χ1v) is 10.7. The molecule has 0 saturated carbocycles. The Hall–Kier alpha value is -2.53. The third kappa shape index (κ3) is 5.33. The van der Waals surface area contributed by atoms with Gasteiger partial charge in [-0.15, -0.1) is 0 Å². The number of esters is 1. The lowest BCUT2D eigenvalue weighted by Crippen LogP contribution is -2.40. The summed E-state index contributed by atoms with van der Waals surface area (Å²) in [6, 6.07) is 8.59. The normalized spacial score (nSPS) is 14.9. The average molecular weight is 457 g/mol. The fourth-order valence-corrected chi connectivity index (χ4v) is 4.28. The van der Waals surface area contributed by atoms with Crippen molar-refractivity contribution < 1.29 is 31.9 Å². The number of anilines is 1. The van der Waals surface area contributed by atoms with Crippen LogP contribution in [0.5, 0.6) is 0 Å². The van der Waals surface area contributed by atoms with E-state index in [-0.39, 0.29) is 34.3 Å². The molecule has 1 N–H and O–H groups in total. The second kappa shape index (κ2) is 9.52. The number of hydrogen-bond donors (Lipinski definition) is 1. The van der Waals surface area contributed by atoms with Gasteiger partial charge in [0.05, 0.1) is 34.4 Å². The molecule has 11 heteroatoms. The number of carbonyl (C=O) groups excluding carboxylic acids is 2. The van der Waals surface area contributed by atoms with Crippen LogP contribution in [0.25, 0.3) is 0 Å². The second-order valence-electron chi connectivity index (χ2n) is 6.29. The molecule has 160 valence electrons. The summed E-state index contributed by atoms with van der Waals surface area (Å²) in [6.45, 7) is 0.427. The summed E-state index contributed by atoms with van der Waals surface area (Å²) in [7, 11) is -3.77. The van der Waals surface area contributed by atoms with Gasteiger partial charge >= 0.3 is 5.97 Å². The molecular formula is C19H18ClFN2O6S. The van der Waals surface area contributed by atoms with Crippen LogP contribution in [0.15, 0.2) is 47.4 Å². The first kappa shape index (κ1) is 22.2. The lowest BCUT2D eigenvalue weighted by Gasteiger charge is -2.26. The van der Waals surface area contributed by atoms with Crippen LogP contribution in [0.3, 0.4) is 0 Å². The van der Waals surface area contributed by atoms with E-state index >= 15 is 0 Å². The standard InChI is InChI=1S/C19H18ClFN2O6S/c20-16-6-5-15(30(26,27)23-7-9-28-10-8-23)11-17(16)22-18(24)12-29-19(25)13-1-3-14(21)4-2-13/h1-6,11H,7-10,12H2,(H,22,24). The number of hydrogen-bond acceptors (Lipinski definition) is 6. The fourth-order valence-electron chi connectivity index (χ4n) is 2.68. The summed E-state index contributed by atoms with van der Waals surface area (Å²) in [5, 5.41) is 2.55. The molecule has 1 aliphatic rings. The highest BCUT2D eigenvalue weighted by molar-refractivity contribution is 7.89. The van der Waals surface area contributed by atoms with E-state index in [1.807, 2.05) is 0 Å². The predicted molar refractivity (Wildman–Crippen MR) is 106 cm³/mol. The zero-order valence-corrected chi connectivity index (χ0v) is 17.2. The molecule has 8 nitrogen and oxygen atoms in total. The maximum Gasteiger partial charge on any atom is 0.338 e. The van der Waals surface area contributed by atoms with E-state index in [9.17, 15) is 22.4 Å². The van der Waals surface area contributed by atoms with Gasteiger partial charge in [0.2, 0.25) is 10.0 Å². The summed E-state index contributed by atoms with van der Waals surface area (Å²) >= 11 is 6.06. The maximum absolute atomic E-state index is 12.9. The molecule has 0 aliphatic carbocycles. The fraction of sp³-hybridized carbons (Fsp3) is 0.263. The van der Waals surface area contributed by atoms with E-state index in [4.69, 9.17) is 21.1 Å². The number of halogens is 2. The molecule has 1 saturated heterocycles. The third-order valence-electron chi connectivity index (χ3n) is 4.23. The van der Waals surface area contributed by atoms with Crippen molar-refractivity contribution in [3.8, 4) is 0 Å². The van der Waals surface area contributed by atoms with Crippen molar-refractivity contribution in [2.75, 3.05) is 38.2 Å². The van der Waals surface area contributed by atoms with Crippen LogP contribution in [0, 0.1) is 5.82 Å². The van der Waals surface area contributed by atoms with Crippen LogP contribution in [0.2, 0.25) is 5.02 Å². The average Bonchev–Trinajstić information content (AvgIpc) is 2.74. The van der Waals surface area contributed by atoms with Gasteiger partial charge in [0.25, 0.3) is 5.91 Å². The van der Waals surface area contributed by atoms with Crippen molar-refractivity contribution in [1.29, 1.82) is 0 Å². The summed E-state index contributed by atoms with van der Waals surface area (Å²) in [5.41, 5.74) is 0.148. The molecule has 1 amide bonds. The Labute approximate surface area is 177 Å². The van der Waals surface area contributed by atoms with Crippen molar-refractivity contribution in [3.63, 3.8) is 0 Å². The van der Waals surface area contributed by atoms with E-state index in [2.05, 4.69) is 5.32 Å². The van der Waals surface area contributed by atoms with Gasteiger partial charge in [0.15, 0.2) is 6.61 Å². The smallest absolute Gasteiger partial charge is 0.338 e. The van der Waals surface area contributed by atoms with Gasteiger partial charge in [-0.05, 0) is 42.5 Å². The van der Waals surface area contributed by atoms with E-state index < -0.39 is 34.3 Å². The molecule has 1 fully saturated rings. The van der Waals surface area contributed by atoms with Crippen molar-refractivity contribution in [1.82, 2.24) is 4.31 Å². The van der Waals surface area contributed by atoms with Gasteiger partial charge in [-0.3, -0.25) is 4.79 Å². The molecule has 0 spiro atoms. The number of nitrogens with zero attached hydrogens (tertiary/aromatic N) is 1. The SMILES string of the molecule is O=C(COC(=O)c1ccc(F)cc1)Nc1cc(S(=O)(=O)N2CCOCC2)ccc1Cl. The number of ether oxygens (including phenoxy) is 2. The van der Waals surface area contributed by atoms with Crippen molar-refractivity contribution in [2.24, 2.45) is 0 Å². The van der Waals surface area contributed by atoms with Crippen LogP contribution < -0.4 is 5.32 Å². The van der Waals surface area contributed by atoms with Gasteiger partial charge in [-0.2, -0.15) is 4.31 Å². The summed E-state index contributed by atoms with van der Waals surface area (Å²) < 4.78 is 49.7. The Balaban J connectivity index is 1.65. The van der Waals surface area contributed by atoms with E-state index in [0.717, 1.165) is 12.1 Å². The molecule has 2 aromatic rings. The molecule has 1 aliphatic heterocycles. The van der Waals surface area contributed by atoms with Crippen molar-refractivity contribution >= 4 is 39.2 Å². The van der Waals surface area contributed by atoms with Gasteiger partial charge in [-0.25, -0.2) is 17.6 Å². The van der Waals surface area contributed by atoms with Gasteiger partial charge < -0.3 is 14.8 Å². The number of carbonyl (C=O) groups is 2. The van der Waals surface area contributed by atoms with Crippen LogP contribution >= 0.6 is 11.6 Å². The topological polar surface area (TPSA) is 102 Å². The first-order chi connectivity index (χ1) is 14.3. The van der Waals surface area contributed by atoms with Crippen LogP contribution in [0.4, 0.5) is 10.1 Å². The van der Waals surface area contributed by atoms with Crippen molar-refractivity contribution in [2.45, 2.75) is 4.90 Å². The van der Waals surface area contributed by atoms with Crippen molar-refractivity contribution in [3.05, 3.63) is 58.9 Å². The number of morpholine rings is 1. The zero-order chi connectivity index (χ0) is 21.7. The maximum atomic E-state index is 12.9. The summed E-state index contributed by atoms with van der Waals surface area (Å²) in [4.78, 5) is 24.0. The van der Waals surface area contributed by atoms with Crippen LogP contribution in [0.1, 0.15) is 10.4 Å². The van der Waals surface area contributed by atoms with Gasteiger partial charge in [0.1, 0.15) is 5.82 Å². The highest BCUT2D eigenvalue weighted by atomic mass is 35.5. The molecule has 3 rings (SSSR count). The molecule has 0 radical (unpaired) electrons. The molecule has 0 bridgehead atoms. The molecule has 0 aromatic heterocycles. The Bertz CT molecular complexity index is 1040.